The van der Waals surface area contributed by atoms with Crippen LogP contribution in [0.25, 0.3) is 0 Å². The lowest BCUT2D eigenvalue weighted by Crippen LogP contribution is -2.62. The quantitative estimate of drug-likeness (QED) is 0.455. The molecular weight excluding hydrogens is 507 g/mol. The van der Waals surface area contributed by atoms with E-state index in [1.54, 1.807) is 0 Å². The molecule has 36 heavy (non-hydrogen) atoms. The molecule has 2 atom stereocenters. The molecule has 1 aliphatic rings. The third-order valence-electron chi connectivity index (χ3n) is 5.93. The van der Waals surface area contributed by atoms with Crippen LogP contribution in [0.4, 0.5) is 10.1 Å². The van der Waals surface area contributed by atoms with Crippen LogP contribution < -0.4 is 15.4 Å². The van der Waals surface area contributed by atoms with Gasteiger partial charge in [-0.2, -0.15) is 17.4 Å². The van der Waals surface area contributed by atoms with Gasteiger partial charge in [-0.15, -0.1) is 0 Å². The summed E-state index contributed by atoms with van der Waals surface area (Å²) in [4.78, 5) is 26.3. The number of nitrogens with one attached hydrogen (secondary N) is 3. The molecule has 8 nitrogen and oxygen atoms in total. The van der Waals surface area contributed by atoms with Crippen molar-refractivity contribution in [3.63, 3.8) is 0 Å². The van der Waals surface area contributed by atoms with Crippen molar-refractivity contribution in [2.75, 3.05) is 12.4 Å². The van der Waals surface area contributed by atoms with Gasteiger partial charge in [0.05, 0.1) is 11.1 Å². The van der Waals surface area contributed by atoms with Crippen LogP contribution in [0.1, 0.15) is 23.6 Å². The zero-order valence-corrected chi connectivity index (χ0v) is 20.8. The van der Waals surface area contributed by atoms with E-state index in [2.05, 4.69) is 15.4 Å². The Morgan fingerprint density at radius 2 is 1.58 bits per heavy atom. The highest BCUT2D eigenvalue weighted by Crippen LogP contribution is 2.25. The van der Waals surface area contributed by atoms with Crippen molar-refractivity contribution >= 4 is 39.3 Å². The fourth-order valence-electron chi connectivity index (χ4n) is 3.98. The topological polar surface area (TPSA) is 108 Å². The van der Waals surface area contributed by atoms with E-state index in [9.17, 15) is 22.4 Å². The van der Waals surface area contributed by atoms with E-state index in [-0.39, 0.29) is 17.1 Å². The second-order valence-corrected chi connectivity index (χ2v) is 10.5. The van der Waals surface area contributed by atoms with Crippen molar-refractivity contribution < 1.29 is 22.4 Å². The number of anilines is 1. The summed E-state index contributed by atoms with van der Waals surface area (Å²) < 4.78 is 42.2. The van der Waals surface area contributed by atoms with Gasteiger partial charge in [-0.1, -0.05) is 72.3 Å². The summed E-state index contributed by atoms with van der Waals surface area (Å²) in [6.07, 6.45) is -0.126. The lowest BCUT2D eigenvalue weighted by atomic mass is 9.97. The van der Waals surface area contributed by atoms with E-state index >= 15 is 0 Å². The molecule has 3 N–H and O–H groups in total. The second kappa shape index (κ2) is 10.8. The summed E-state index contributed by atoms with van der Waals surface area (Å²) >= 11 is 5.78. The van der Waals surface area contributed by atoms with Crippen molar-refractivity contribution in [1.82, 2.24) is 14.3 Å². The zero-order valence-electron chi connectivity index (χ0n) is 19.2. The molecule has 188 valence electrons. The zero-order chi connectivity index (χ0) is 25.9. The van der Waals surface area contributed by atoms with Crippen LogP contribution in [0.2, 0.25) is 5.02 Å². The third-order valence-corrected chi connectivity index (χ3v) is 7.81. The molecule has 2 unspecified atom stereocenters. The molecule has 1 heterocycles. The standard InChI is InChI=1S/C25H24ClFN4O4S/c1-31-22(25(33)28-18-12-13-20(27)19(26)14-18)15-21(30-36(31,34)35)24(32)29-23(16-8-4-2-5-9-16)17-10-6-3-7-11-17/h2-14,21-23,30H,15H2,1H3,(H,28,33)(H,29,32). The average Bonchev–Trinajstić information content (AvgIpc) is 2.87. The number of amides is 2. The van der Waals surface area contributed by atoms with Gasteiger partial charge in [0.1, 0.15) is 17.9 Å². The van der Waals surface area contributed by atoms with E-state index < -0.39 is 46.0 Å². The smallest absolute Gasteiger partial charge is 0.280 e. The monoisotopic (exact) mass is 530 g/mol. The predicted molar refractivity (Wildman–Crippen MR) is 135 cm³/mol. The number of nitrogens with zero attached hydrogens (tertiary/aromatic N) is 1. The molecule has 2 amide bonds. The molecule has 0 radical (unpaired) electrons. The number of hydrogen-bond acceptors (Lipinski definition) is 4. The normalized spacial score (nSPS) is 19.6. The van der Waals surface area contributed by atoms with Gasteiger partial charge in [0.25, 0.3) is 10.2 Å². The van der Waals surface area contributed by atoms with Crippen LogP contribution in [-0.2, 0) is 19.8 Å². The molecule has 1 aliphatic heterocycles. The number of carbonyl (C=O) groups excluding carboxylic acids is 2. The third kappa shape index (κ3) is 5.73. The molecule has 4 rings (SSSR count). The lowest BCUT2D eigenvalue weighted by molar-refractivity contribution is -0.125. The Morgan fingerprint density at radius 3 is 2.14 bits per heavy atom. The lowest BCUT2D eigenvalue weighted by Gasteiger charge is -2.36. The van der Waals surface area contributed by atoms with Crippen LogP contribution in [0.5, 0.6) is 0 Å². The highest BCUT2D eigenvalue weighted by molar-refractivity contribution is 7.87. The minimum atomic E-state index is -4.15. The predicted octanol–water partition coefficient (Wildman–Crippen LogP) is 3.23. The maximum Gasteiger partial charge on any atom is 0.280 e. The minimum Gasteiger partial charge on any atom is -0.344 e. The molecule has 0 bridgehead atoms. The van der Waals surface area contributed by atoms with Gasteiger partial charge in [-0.25, -0.2) is 4.39 Å². The average molecular weight is 531 g/mol. The van der Waals surface area contributed by atoms with E-state index in [1.165, 1.54) is 19.2 Å². The second-order valence-electron chi connectivity index (χ2n) is 8.32. The minimum absolute atomic E-state index is 0.126. The van der Waals surface area contributed by atoms with Crippen LogP contribution in [0.3, 0.4) is 0 Å². The highest BCUT2D eigenvalue weighted by Gasteiger charge is 2.43. The van der Waals surface area contributed by atoms with Crippen LogP contribution in [-0.4, -0.2) is 43.7 Å². The molecule has 0 spiro atoms. The number of hydrogen-bond donors (Lipinski definition) is 3. The van der Waals surface area contributed by atoms with Crippen molar-refractivity contribution in [1.29, 1.82) is 0 Å². The Bertz CT molecular complexity index is 1320. The molecule has 3 aromatic carbocycles. The molecule has 1 fully saturated rings. The van der Waals surface area contributed by atoms with E-state index in [4.69, 9.17) is 11.6 Å². The van der Waals surface area contributed by atoms with Crippen molar-refractivity contribution in [3.8, 4) is 0 Å². The number of likely N-dealkylation sites (N-methyl/N-ethyl adjacent to an activating group) is 1. The van der Waals surface area contributed by atoms with Crippen LogP contribution in [0.15, 0.2) is 78.9 Å². The Balaban J connectivity index is 1.55. The Labute approximate surface area is 213 Å². The van der Waals surface area contributed by atoms with Crippen molar-refractivity contribution in [2.45, 2.75) is 24.5 Å². The first kappa shape index (κ1) is 25.8. The summed E-state index contributed by atoms with van der Waals surface area (Å²) in [6.45, 7) is 0. The molecular formula is C25H24ClFN4O4S. The largest absolute Gasteiger partial charge is 0.344 e. The molecule has 0 aromatic heterocycles. The first-order valence-electron chi connectivity index (χ1n) is 11.1. The Hall–Kier alpha value is -3.31. The van der Waals surface area contributed by atoms with Crippen molar-refractivity contribution in [3.05, 3.63) is 101 Å². The maximum absolute atomic E-state index is 13.5. The number of benzene rings is 3. The number of carbonyl (C=O) groups is 2. The van der Waals surface area contributed by atoms with Gasteiger partial charge in [0.15, 0.2) is 0 Å². The van der Waals surface area contributed by atoms with E-state index in [0.717, 1.165) is 21.5 Å². The number of rotatable bonds is 6. The maximum atomic E-state index is 13.5. The van der Waals surface area contributed by atoms with Gasteiger partial charge in [-0.3, -0.25) is 9.59 Å². The van der Waals surface area contributed by atoms with E-state index in [0.29, 0.717) is 0 Å². The van der Waals surface area contributed by atoms with Gasteiger partial charge < -0.3 is 10.6 Å². The summed E-state index contributed by atoms with van der Waals surface area (Å²) in [5.41, 5.74) is 1.83. The van der Waals surface area contributed by atoms with Gasteiger partial charge in [0.2, 0.25) is 11.8 Å². The van der Waals surface area contributed by atoms with Crippen LogP contribution >= 0.6 is 11.6 Å². The Morgan fingerprint density at radius 1 is 1.00 bits per heavy atom. The molecule has 11 heteroatoms. The first-order valence-corrected chi connectivity index (χ1v) is 12.9. The Kier molecular flexibility index (Phi) is 7.70. The molecule has 0 saturated carbocycles. The fraction of sp³-hybridized carbons (Fsp3) is 0.200. The summed E-state index contributed by atoms with van der Waals surface area (Å²) in [6, 6.07) is 19.2. The number of halogens is 2. The van der Waals surface area contributed by atoms with Gasteiger partial charge >= 0.3 is 0 Å². The summed E-state index contributed by atoms with van der Waals surface area (Å²) in [7, 11) is -2.90. The first-order chi connectivity index (χ1) is 17.2. The fourth-order valence-corrected chi connectivity index (χ4v) is 5.40. The van der Waals surface area contributed by atoms with Crippen LogP contribution in [0, 0.1) is 5.82 Å². The molecule has 1 saturated heterocycles. The highest BCUT2D eigenvalue weighted by atomic mass is 35.5. The summed E-state index contributed by atoms with van der Waals surface area (Å²) in [5.74, 6) is -1.91. The SMILES string of the molecule is CN1C(C(=O)Nc2ccc(F)c(Cl)c2)CC(C(=O)NC(c2ccccc2)c2ccccc2)NS1(=O)=O. The molecule has 0 aliphatic carbocycles. The summed E-state index contributed by atoms with van der Waals surface area (Å²) in [5, 5.41) is 5.27. The van der Waals surface area contributed by atoms with Gasteiger partial charge in [-0.05, 0) is 35.7 Å². The van der Waals surface area contributed by atoms with Crippen molar-refractivity contribution in [2.24, 2.45) is 0 Å². The van der Waals surface area contributed by atoms with Gasteiger partial charge in [0, 0.05) is 12.7 Å². The van der Waals surface area contributed by atoms with E-state index in [1.807, 2.05) is 60.7 Å². The molecule has 3 aromatic rings.